The molecule has 19 heavy (non-hydrogen) atoms. The summed E-state index contributed by atoms with van der Waals surface area (Å²) < 4.78 is 5.27. The van der Waals surface area contributed by atoms with E-state index in [2.05, 4.69) is 25.4 Å². The number of nitrogens with zero attached hydrogens (tertiary/aromatic N) is 4. The first-order valence-corrected chi connectivity index (χ1v) is 6.71. The molecule has 0 spiro atoms. The van der Waals surface area contributed by atoms with Crippen LogP contribution in [0.2, 0.25) is 0 Å². The number of piperidine rings is 1. The van der Waals surface area contributed by atoms with Crippen LogP contribution in [0.3, 0.4) is 0 Å². The van der Waals surface area contributed by atoms with Crippen LogP contribution in [0.5, 0.6) is 0 Å². The molecule has 0 aliphatic carbocycles. The highest BCUT2D eigenvalue weighted by atomic mass is 16.5. The molecule has 1 saturated heterocycles. The molecule has 6 nitrogen and oxygen atoms in total. The quantitative estimate of drug-likeness (QED) is 0.895. The summed E-state index contributed by atoms with van der Waals surface area (Å²) in [4.78, 5) is 12.4. The Hall–Kier alpha value is -1.82. The second-order valence-corrected chi connectivity index (χ2v) is 4.86. The average Bonchev–Trinajstić information content (AvgIpc) is 2.96. The smallest absolute Gasteiger partial charge is 0.227 e. The summed E-state index contributed by atoms with van der Waals surface area (Å²) >= 11 is 0. The predicted octanol–water partition coefficient (Wildman–Crippen LogP) is 1.46. The van der Waals surface area contributed by atoms with Gasteiger partial charge < -0.3 is 9.84 Å². The summed E-state index contributed by atoms with van der Waals surface area (Å²) in [6.45, 7) is 2.25. The maximum atomic E-state index is 5.27. The minimum absolute atomic E-state index is 0.541. The Kier molecular flexibility index (Phi) is 3.78. The molecular weight excluding hydrogens is 242 g/mol. The van der Waals surface area contributed by atoms with E-state index >= 15 is 0 Å². The van der Waals surface area contributed by atoms with Gasteiger partial charge in [0.15, 0.2) is 0 Å². The first kappa shape index (κ1) is 12.2. The van der Waals surface area contributed by atoms with Crippen molar-refractivity contribution in [2.75, 3.05) is 13.1 Å². The lowest BCUT2D eigenvalue weighted by Gasteiger charge is -2.21. The first-order valence-electron chi connectivity index (χ1n) is 6.71. The van der Waals surface area contributed by atoms with E-state index in [4.69, 9.17) is 4.52 Å². The molecule has 6 heteroatoms. The number of hydrogen-bond acceptors (Lipinski definition) is 6. The maximum absolute atomic E-state index is 5.27. The number of aryl methyl sites for hydroxylation is 1. The molecule has 0 aromatic carbocycles. The van der Waals surface area contributed by atoms with Gasteiger partial charge in [-0.3, -0.25) is 0 Å². The summed E-state index contributed by atoms with van der Waals surface area (Å²) in [7, 11) is 0. The number of hydrogen-bond donors (Lipinski definition) is 1. The zero-order chi connectivity index (χ0) is 12.9. The van der Waals surface area contributed by atoms with Gasteiger partial charge in [-0.2, -0.15) is 4.98 Å². The fraction of sp³-hybridized carbons (Fsp3) is 0.538. The minimum Gasteiger partial charge on any atom is -0.339 e. The van der Waals surface area contributed by atoms with Gasteiger partial charge in [-0.05, 0) is 44.3 Å². The summed E-state index contributed by atoms with van der Waals surface area (Å²) in [5.74, 6) is 1.96. The Morgan fingerprint density at radius 2 is 2.42 bits per heavy atom. The van der Waals surface area contributed by atoms with Crippen molar-refractivity contribution in [3.63, 3.8) is 0 Å². The van der Waals surface area contributed by atoms with Crippen LogP contribution < -0.4 is 5.32 Å². The van der Waals surface area contributed by atoms with E-state index in [-0.39, 0.29) is 0 Å². The maximum Gasteiger partial charge on any atom is 0.227 e. The van der Waals surface area contributed by atoms with Crippen molar-refractivity contribution in [2.24, 2.45) is 5.92 Å². The lowest BCUT2D eigenvalue weighted by atomic mass is 9.95. The highest BCUT2D eigenvalue weighted by molar-refractivity contribution is 5.46. The van der Waals surface area contributed by atoms with E-state index in [1.54, 1.807) is 12.3 Å². The van der Waals surface area contributed by atoms with E-state index < -0.39 is 0 Å². The molecule has 1 N–H and O–H groups in total. The van der Waals surface area contributed by atoms with Crippen molar-refractivity contribution in [2.45, 2.75) is 25.7 Å². The van der Waals surface area contributed by atoms with Gasteiger partial charge in [0.05, 0.1) is 0 Å². The fourth-order valence-electron chi connectivity index (χ4n) is 2.38. The Bertz CT molecular complexity index is 507. The minimum atomic E-state index is 0.541. The lowest BCUT2D eigenvalue weighted by Crippen LogP contribution is -2.29. The monoisotopic (exact) mass is 259 g/mol. The van der Waals surface area contributed by atoms with Crippen molar-refractivity contribution >= 4 is 0 Å². The molecule has 1 unspecified atom stereocenters. The van der Waals surface area contributed by atoms with E-state index in [1.807, 2.05) is 0 Å². The highest BCUT2D eigenvalue weighted by Crippen LogP contribution is 2.18. The third kappa shape index (κ3) is 3.14. The molecule has 0 saturated carbocycles. The van der Waals surface area contributed by atoms with Crippen molar-refractivity contribution in [1.29, 1.82) is 0 Å². The van der Waals surface area contributed by atoms with Gasteiger partial charge in [0.25, 0.3) is 0 Å². The summed E-state index contributed by atoms with van der Waals surface area (Å²) in [5, 5.41) is 7.38. The summed E-state index contributed by atoms with van der Waals surface area (Å²) in [6.07, 6.45) is 7.65. The van der Waals surface area contributed by atoms with E-state index in [1.165, 1.54) is 19.2 Å². The molecule has 100 valence electrons. The topological polar surface area (TPSA) is 76.7 Å². The van der Waals surface area contributed by atoms with E-state index in [0.29, 0.717) is 17.4 Å². The number of rotatable bonds is 4. The van der Waals surface area contributed by atoms with Crippen LogP contribution in [0.25, 0.3) is 11.5 Å². The Morgan fingerprint density at radius 1 is 1.42 bits per heavy atom. The zero-order valence-corrected chi connectivity index (χ0v) is 10.7. The SMILES string of the molecule is c1cc(-c2noc(CCC3CCCNC3)n2)ncn1. The van der Waals surface area contributed by atoms with Gasteiger partial charge in [0.1, 0.15) is 12.0 Å². The van der Waals surface area contributed by atoms with Gasteiger partial charge in [-0.25, -0.2) is 9.97 Å². The van der Waals surface area contributed by atoms with Gasteiger partial charge in [0.2, 0.25) is 11.7 Å². The van der Waals surface area contributed by atoms with Crippen LogP contribution in [-0.2, 0) is 6.42 Å². The van der Waals surface area contributed by atoms with E-state index in [9.17, 15) is 0 Å². The van der Waals surface area contributed by atoms with Crippen LogP contribution in [0.4, 0.5) is 0 Å². The van der Waals surface area contributed by atoms with Gasteiger partial charge in [0, 0.05) is 12.6 Å². The molecule has 1 fully saturated rings. The largest absolute Gasteiger partial charge is 0.339 e. The molecule has 1 atom stereocenters. The van der Waals surface area contributed by atoms with Crippen molar-refractivity contribution in [3.8, 4) is 11.5 Å². The zero-order valence-electron chi connectivity index (χ0n) is 10.7. The second-order valence-electron chi connectivity index (χ2n) is 4.86. The molecule has 2 aromatic heterocycles. The predicted molar refractivity (Wildman–Crippen MR) is 69.2 cm³/mol. The Morgan fingerprint density at radius 3 is 3.21 bits per heavy atom. The molecular formula is C13H17N5O. The molecule has 2 aromatic rings. The molecule has 3 heterocycles. The number of aromatic nitrogens is 4. The van der Waals surface area contributed by atoms with Gasteiger partial charge in [-0.1, -0.05) is 5.16 Å². The molecule has 0 bridgehead atoms. The van der Waals surface area contributed by atoms with Crippen LogP contribution in [-0.4, -0.2) is 33.2 Å². The van der Waals surface area contributed by atoms with Crippen LogP contribution in [0, 0.1) is 5.92 Å². The fourth-order valence-corrected chi connectivity index (χ4v) is 2.38. The Balaban J connectivity index is 1.59. The molecule has 1 aliphatic heterocycles. The number of nitrogens with one attached hydrogen (secondary N) is 1. The first-order chi connectivity index (χ1) is 9.42. The highest BCUT2D eigenvalue weighted by Gasteiger charge is 2.15. The average molecular weight is 259 g/mol. The summed E-state index contributed by atoms with van der Waals surface area (Å²) in [5.41, 5.74) is 0.698. The van der Waals surface area contributed by atoms with Gasteiger partial charge >= 0.3 is 0 Å². The normalized spacial score (nSPS) is 19.5. The molecule has 0 amide bonds. The third-order valence-electron chi connectivity index (χ3n) is 3.44. The van der Waals surface area contributed by atoms with Crippen LogP contribution in [0.15, 0.2) is 23.1 Å². The molecule has 1 aliphatic rings. The van der Waals surface area contributed by atoms with Crippen LogP contribution in [0.1, 0.15) is 25.2 Å². The second kappa shape index (κ2) is 5.88. The molecule has 3 rings (SSSR count). The van der Waals surface area contributed by atoms with Gasteiger partial charge in [-0.15, -0.1) is 0 Å². The van der Waals surface area contributed by atoms with Crippen molar-refractivity contribution in [3.05, 3.63) is 24.5 Å². The summed E-state index contributed by atoms with van der Waals surface area (Å²) in [6, 6.07) is 1.78. The third-order valence-corrected chi connectivity index (χ3v) is 3.44. The van der Waals surface area contributed by atoms with Crippen molar-refractivity contribution in [1.82, 2.24) is 25.4 Å². The van der Waals surface area contributed by atoms with E-state index in [0.717, 1.165) is 31.8 Å². The Labute approximate surface area is 111 Å². The van der Waals surface area contributed by atoms with Crippen LogP contribution >= 0.6 is 0 Å². The van der Waals surface area contributed by atoms with Crippen molar-refractivity contribution < 1.29 is 4.52 Å². The lowest BCUT2D eigenvalue weighted by molar-refractivity contribution is 0.327. The standard InChI is InChI=1S/C13H17N5O/c1-2-10(8-14-6-1)3-4-12-17-13(18-19-12)11-5-7-15-9-16-11/h5,7,9-10,14H,1-4,6,8H2. The molecule has 0 radical (unpaired) electrons.